The molecule has 0 aliphatic carbocycles. The minimum absolute atomic E-state index is 0.00118. The first-order chi connectivity index (χ1) is 7.58. The van der Waals surface area contributed by atoms with Crippen LogP contribution in [0, 0.1) is 17.2 Å². The summed E-state index contributed by atoms with van der Waals surface area (Å²) in [5.74, 6) is -0.00118. The first-order valence-electron chi connectivity index (χ1n) is 5.38. The summed E-state index contributed by atoms with van der Waals surface area (Å²) in [5.41, 5.74) is 13.6. The maximum Gasteiger partial charge on any atom is 0.0671 e. The van der Waals surface area contributed by atoms with Crippen molar-refractivity contribution >= 4 is 17.1 Å². The first kappa shape index (κ1) is 12.2. The number of benzene rings is 1. The zero-order valence-corrected chi connectivity index (χ0v) is 9.77. The molecule has 0 radical (unpaired) electrons. The lowest BCUT2D eigenvalue weighted by Crippen LogP contribution is -2.27. The SMILES string of the molecule is CCN(CC(C)C#N)c1ccc(N)c(N)c1. The molecule has 86 valence electrons. The summed E-state index contributed by atoms with van der Waals surface area (Å²) in [6.07, 6.45) is 0. The van der Waals surface area contributed by atoms with Crippen LogP contribution in [0.25, 0.3) is 0 Å². The average molecular weight is 218 g/mol. The average Bonchev–Trinajstić information content (AvgIpc) is 2.29. The number of nitriles is 1. The largest absolute Gasteiger partial charge is 0.397 e. The Hall–Kier alpha value is -1.89. The lowest BCUT2D eigenvalue weighted by molar-refractivity contribution is 0.686. The summed E-state index contributed by atoms with van der Waals surface area (Å²) in [4.78, 5) is 2.11. The van der Waals surface area contributed by atoms with Gasteiger partial charge in [0.05, 0.1) is 23.4 Å². The Morgan fingerprint density at radius 2 is 2.06 bits per heavy atom. The van der Waals surface area contributed by atoms with Crippen molar-refractivity contribution in [3.63, 3.8) is 0 Å². The molecule has 0 heterocycles. The van der Waals surface area contributed by atoms with Crippen LogP contribution in [0.2, 0.25) is 0 Å². The van der Waals surface area contributed by atoms with E-state index in [-0.39, 0.29) is 5.92 Å². The fourth-order valence-corrected chi connectivity index (χ4v) is 1.55. The van der Waals surface area contributed by atoms with E-state index in [9.17, 15) is 0 Å². The van der Waals surface area contributed by atoms with E-state index >= 15 is 0 Å². The molecule has 1 aromatic carbocycles. The fourth-order valence-electron chi connectivity index (χ4n) is 1.55. The molecule has 1 unspecified atom stereocenters. The normalized spacial score (nSPS) is 11.8. The van der Waals surface area contributed by atoms with Crippen molar-refractivity contribution in [2.24, 2.45) is 5.92 Å². The number of nitrogens with two attached hydrogens (primary N) is 2. The van der Waals surface area contributed by atoms with Gasteiger partial charge in [-0.25, -0.2) is 0 Å². The summed E-state index contributed by atoms with van der Waals surface area (Å²) in [7, 11) is 0. The molecule has 0 aliphatic rings. The Morgan fingerprint density at radius 1 is 1.38 bits per heavy atom. The lowest BCUT2D eigenvalue weighted by Gasteiger charge is -2.24. The van der Waals surface area contributed by atoms with E-state index < -0.39 is 0 Å². The molecule has 0 fully saturated rings. The second kappa shape index (κ2) is 5.26. The van der Waals surface area contributed by atoms with Gasteiger partial charge >= 0.3 is 0 Å². The number of nitrogens with zero attached hydrogens (tertiary/aromatic N) is 2. The van der Waals surface area contributed by atoms with Crippen LogP contribution in [0.5, 0.6) is 0 Å². The van der Waals surface area contributed by atoms with Gasteiger partial charge < -0.3 is 16.4 Å². The second-order valence-electron chi connectivity index (χ2n) is 3.88. The van der Waals surface area contributed by atoms with Crippen molar-refractivity contribution in [3.05, 3.63) is 18.2 Å². The summed E-state index contributed by atoms with van der Waals surface area (Å²) < 4.78 is 0. The standard InChI is InChI=1S/C12H18N4/c1-3-16(8-9(2)7-13)10-4-5-11(14)12(15)6-10/h4-6,9H,3,8,14-15H2,1-2H3. The van der Waals surface area contributed by atoms with E-state index in [1.54, 1.807) is 6.07 Å². The van der Waals surface area contributed by atoms with Crippen LogP contribution < -0.4 is 16.4 Å². The zero-order valence-electron chi connectivity index (χ0n) is 9.77. The minimum Gasteiger partial charge on any atom is -0.397 e. The molecule has 0 bridgehead atoms. The third-order valence-corrected chi connectivity index (χ3v) is 2.53. The highest BCUT2D eigenvalue weighted by atomic mass is 15.1. The van der Waals surface area contributed by atoms with E-state index in [2.05, 4.69) is 17.9 Å². The smallest absolute Gasteiger partial charge is 0.0671 e. The van der Waals surface area contributed by atoms with Crippen LogP contribution in [-0.4, -0.2) is 13.1 Å². The molecule has 4 heteroatoms. The van der Waals surface area contributed by atoms with Crippen molar-refractivity contribution in [2.75, 3.05) is 29.5 Å². The van der Waals surface area contributed by atoms with Crippen molar-refractivity contribution in [1.82, 2.24) is 0 Å². The molecule has 1 aromatic rings. The van der Waals surface area contributed by atoms with Crippen molar-refractivity contribution < 1.29 is 0 Å². The van der Waals surface area contributed by atoms with Crippen molar-refractivity contribution in [3.8, 4) is 6.07 Å². The third-order valence-electron chi connectivity index (χ3n) is 2.53. The molecule has 16 heavy (non-hydrogen) atoms. The molecule has 0 saturated carbocycles. The van der Waals surface area contributed by atoms with Gasteiger partial charge in [-0.2, -0.15) is 5.26 Å². The summed E-state index contributed by atoms with van der Waals surface area (Å²) in [5, 5.41) is 8.80. The second-order valence-corrected chi connectivity index (χ2v) is 3.88. The van der Waals surface area contributed by atoms with Crippen LogP contribution in [0.1, 0.15) is 13.8 Å². The third kappa shape index (κ3) is 2.80. The molecule has 0 saturated heterocycles. The number of nitrogen functional groups attached to an aromatic ring is 2. The zero-order chi connectivity index (χ0) is 12.1. The molecule has 0 spiro atoms. The Balaban J connectivity index is 2.87. The van der Waals surface area contributed by atoms with E-state index in [0.717, 1.165) is 12.2 Å². The Labute approximate surface area is 96.5 Å². The topological polar surface area (TPSA) is 79.1 Å². The molecule has 0 aromatic heterocycles. The van der Waals surface area contributed by atoms with Crippen LogP contribution in [0.15, 0.2) is 18.2 Å². The van der Waals surface area contributed by atoms with Crippen molar-refractivity contribution in [1.29, 1.82) is 5.26 Å². The highest BCUT2D eigenvalue weighted by molar-refractivity contribution is 5.69. The highest BCUT2D eigenvalue weighted by Gasteiger charge is 2.09. The molecule has 4 N–H and O–H groups in total. The number of hydrogen-bond donors (Lipinski definition) is 2. The predicted molar refractivity (Wildman–Crippen MR) is 67.9 cm³/mol. The first-order valence-corrected chi connectivity index (χ1v) is 5.38. The number of hydrogen-bond acceptors (Lipinski definition) is 4. The molecular formula is C12H18N4. The van der Waals surface area contributed by atoms with Crippen LogP contribution >= 0.6 is 0 Å². The van der Waals surface area contributed by atoms with Gasteiger partial charge in [0.2, 0.25) is 0 Å². The number of rotatable bonds is 4. The van der Waals surface area contributed by atoms with Gasteiger partial charge in [0.15, 0.2) is 0 Å². The van der Waals surface area contributed by atoms with Crippen LogP contribution in [-0.2, 0) is 0 Å². The Kier molecular flexibility index (Phi) is 4.01. The van der Waals surface area contributed by atoms with Gasteiger partial charge in [-0.3, -0.25) is 0 Å². The Morgan fingerprint density at radius 3 is 2.56 bits per heavy atom. The van der Waals surface area contributed by atoms with E-state index in [1.165, 1.54) is 0 Å². The molecular weight excluding hydrogens is 200 g/mol. The van der Waals surface area contributed by atoms with Crippen LogP contribution in [0.4, 0.5) is 17.1 Å². The summed E-state index contributed by atoms with van der Waals surface area (Å²) >= 11 is 0. The fraction of sp³-hybridized carbons (Fsp3) is 0.417. The highest BCUT2D eigenvalue weighted by Crippen LogP contribution is 2.23. The molecule has 1 rings (SSSR count). The lowest BCUT2D eigenvalue weighted by atomic mass is 10.1. The van der Waals surface area contributed by atoms with Crippen LogP contribution in [0.3, 0.4) is 0 Å². The maximum absolute atomic E-state index is 8.80. The Bertz CT molecular complexity index is 394. The number of anilines is 3. The van der Waals surface area contributed by atoms with E-state index in [4.69, 9.17) is 16.7 Å². The molecule has 0 amide bonds. The predicted octanol–water partition coefficient (Wildman–Crippen LogP) is 1.84. The van der Waals surface area contributed by atoms with Gasteiger partial charge in [-0.05, 0) is 32.0 Å². The summed E-state index contributed by atoms with van der Waals surface area (Å²) in [6.45, 7) is 5.51. The monoisotopic (exact) mass is 218 g/mol. The van der Waals surface area contributed by atoms with E-state index in [0.29, 0.717) is 17.9 Å². The minimum atomic E-state index is -0.00118. The van der Waals surface area contributed by atoms with Gasteiger partial charge in [0.25, 0.3) is 0 Å². The quantitative estimate of drug-likeness (QED) is 0.756. The molecule has 0 aliphatic heterocycles. The van der Waals surface area contributed by atoms with Gasteiger partial charge in [0, 0.05) is 18.8 Å². The van der Waals surface area contributed by atoms with Gasteiger partial charge in [-0.1, -0.05) is 0 Å². The maximum atomic E-state index is 8.80. The summed E-state index contributed by atoms with van der Waals surface area (Å²) in [6, 6.07) is 7.80. The van der Waals surface area contributed by atoms with E-state index in [1.807, 2.05) is 19.1 Å². The van der Waals surface area contributed by atoms with Crippen molar-refractivity contribution in [2.45, 2.75) is 13.8 Å². The van der Waals surface area contributed by atoms with Gasteiger partial charge in [-0.15, -0.1) is 0 Å². The molecule has 1 atom stereocenters. The van der Waals surface area contributed by atoms with Gasteiger partial charge in [0.1, 0.15) is 0 Å². The molecule has 4 nitrogen and oxygen atoms in total.